The third-order valence-electron chi connectivity index (χ3n) is 6.80. The Morgan fingerprint density at radius 3 is 2.50 bits per heavy atom. The Bertz CT molecular complexity index is 1230. The predicted molar refractivity (Wildman–Crippen MR) is 125 cm³/mol. The van der Waals surface area contributed by atoms with Crippen molar-refractivity contribution >= 4 is 34.0 Å². The molecule has 166 valence electrons. The summed E-state index contributed by atoms with van der Waals surface area (Å²) in [6.45, 7) is 3.48. The van der Waals surface area contributed by atoms with Gasteiger partial charge in [-0.1, -0.05) is 17.7 Å². The monoisotopic (exact) mass is 453 g/mol. The minimum atomic E-state index is -0.524. The number of H-pyrrole nitrogens is 1. The zero-order valence-electron chi connectivity index (χ0n) is 17.9. The maximum atomic E-state index is 14.1. The normalized spacial score (nSPS) is 20.2. The van der Waals surface area contributed by atoms with Crippen LogP contribution in [0.5, 0.6) is 0 Å². The number of amides is 1. The van der Waals surface area contributed by atoms with Gasteiger partial charge < -0.3 is 14.8 Å². The van der Waals surface area contributed by atoms with Gasteiger partial charge in [-0.15, -0.1) is 0 Å². The lowest BCUT2D eigenvalue weighted by atomic mass is 10.0. The number of benzene rings is 2. The smallest absolute Gasteiger partial charge is 0.259 e. The van der Waals surface area contributed by atoms with Gasteiger partial charge in [0.05, 0.1) is 5.39 Å². The van der Waals surface area contributed by atoms with Crippen LogP contribution in [0, 0.1) is 12.7 Å². The molecule has 32 heavy (non-hydrogen) atoms. The van der Waals surface area contributed by atoms with Crippen LogP contribution >= 0.6 is 11.6 Å². The Morgan fingerprint density at radius 1 is 1.12 bits per heavy atom. The zero-order chi connectivity index (χ0) is 22.4. The van der Waals surface area contributed by atoms with Crippen molar-refractivity contribution in [3.8, 4) is 0 Å². The van der Waals surface area contributed by atoms with Crippen LogP contribution in [0.1, 0.15) is 30.5 Å². The van der Waals surface area contributed by atoms with Crippen LogP contribution in [-0.2, 0) is 11.2 Å². The highest BCUT2D eigenvalue weighted by Gasteiger charge is 2.42. The molecule has 5 nitrogen and oxygen atoms in total. The average Bonchev–Trinajstić information content (AvgIpc) is 3.04. The largest absolute Gasteiger partial charge is 0.367 e. The number of nitrogens with one attached hydrogen (secondary N) is 1. The van der Waals surface area contributed by atoms with E-state index in [9.17, 15) is 14.0 Å². The summed E-state index contributed by atoms with van der Waals surface area (Å²) in [7, 11) is 0. The van der Waals surface area contributed by atoms with Crippen LogP contribution in [0.4, 0.5) is 10.1 Å². The van der Waals surface area contributed by atoms with Gasteiger partial charge in [-0.2, -0.15) is 0 Å². The third kappa shape index (κ3) is 3.77. The first-order valence-corrected chi connectivity index (χ1v) is 11.4. The van der Waals surface area contributed by atoms with Gasteiger partial charge in [0.25, 0.3) is 5.56 Å². The molecule has 0 saturated carbocycles. The van der Waals surface area contributed by atoms with Crippen molar-refractivity contribution in [3.05, 3.63) is 74.9 Å². The van der Waals surface area contributed by atoms with E-state index in [1.165, 1.54) is 6.07 Å². The summed E-state index contributed by atoms with van der Waals surface area (Å²) in [6, 6.07) is 13.0. The van der Waals surface area contributed by atoms with E-state index < -0.39 is 11.4 Å². The number of hydrogen-bond donors (Lipinski definition) is 1. The summed E-state index contributed by atoms with van der Waals surface area (Å²) >= 11 is 6.02. The van der Waals surface area contributed by atoms with Gasteiger partial charge in [-0.3, -0.25) is 9.59 Å². The highest BCUT2D eigenvalue weighted by atomic mass is 35.5. The molecule has 2 fully saturated rings. The molecule has 2 saturated heterocycles. The van der Waals surface area contributed by atoms with Gasteiger partial charge in [-0.25, -0.2) is 4.39 Å². The molecule has 2 aromatic carbocycles. The van der Waals surface area contributed by atoms with Crippen molar-refractivity contribution in [1.29, 1.82) is 0 Å². The minimum absolute atomic E-state index is 0.0800. The van der Waals surface area contributed by atoms with Gasteiger partial charge in [0.1, 0.15) is 5.82 Å². The number of hydrogen-bond acceptors (Lipinski definition) is 3. The molecule has 2 aliphatic rings. The SMILES string of the molecule is Cc1ccc(F)c2c(=O)[nH]c(CCC(=O)N3C4CCC3CN(c3ccc(Cl)cc3)C4)cc12. The van der Waals surface area contributed by atoms with Crippen molar-refractivity contribution in [2.45, 2.75) is 44.7 Å². The summed E-state index contributed by atoms with van der Waals surface area (Å²) < 4.78 is 14.1. The first-order valence-electron chi connectivity index (χ1n) is 11.0. The molecule has 2 unspecified atom stereocenters. The van der Waals surface area contributed by atoms with E-state index in [0.717, 1.165) is 42.2 Å². The molecule has 1 amide bonds. The van der Waals surface area contributed by atoms with E-state index in [2.05, 4.69) is 14.8 Å². The Morgan fingerprint density at radius 2 is 1.81 bits per heavy atom. The maximum Gasteiger partial charge on any atom is 0.259 e. The molecular formula is C25H25ClFN3O2. The number of fused-ring (bicyclic) bond motifs is 3. The molecule has 0 radical (unpaired) electrons. The number of nitrogens with zero attached hydrogens (tertiary/aromatic N) is 2. The van der Waals surface area contributed by atoms with E-state index >= 15 is 0 Å². The predicted octanol–water partition coefficient (Wildman–Crippen LogP) is 4.44. The van der Waals surface area contributed by atoms with Crippen LogP contribution < -0.4 is 10.5 Å². The molecule has 7 heteroatoms. The first kappa shape index (κ1) is 21.0. The fourth-order valence-corrected chi connectivity index (χ4v) is 5.34. The van der Waals surface area contributed by atoms with Gasteiger partial charge in [-0.05, 0) is 73.5 Å². The summed E-state index contributed by atoms with van der Waals surface area (Å²) in [4.78, 5) is 32.7. The van der Waals surface area contributed by atoms with Gasteiger partial charge >= 0.3 is 0 Å². The molecule has 0 spiro atoms. The van der Waals surface area contributed by atoms with E-state index in [4.69, 9.17) is 11.6 Å². The molecular weight excluding hydrogens is 429 g/mol. The summed E-state index contributed by atoms with van der Waals surface area (Å²) in [5.74, 6) is -0.408. The Balaban J connectivity index is 1.29. The van der Waals surface area contributed by atoms with Crippen LogP contribution in [0.2, 0.25) is 5.02 Å². The fourth-order valence-electron chi connectivity index (χ4n) is 5.21. The number of pyridine rings is 1. The van der Waals surface area contributed by atoms with Gasteiger partial charge in [0, 0.05) is 48.0 Å². The quantitative estimate of drug-likeness (QED) is 0.635. The van der Waals surface area contributed by atoms with Crippen LogP contribution in [0.15, 0.2) is 47.3 Å². The number of aromatic amines is 1. The molecule has 1 aromatic heterocycles. The lowest BCUT2D eigenvalue weighted by Crippen LogP contribution is -2.56. The topological polar surface area (TPSA) is 56.4 Å². The summed E-state index contributed by atoms with van der Waals surface area (Å²) in [6.07, 6.45) is 2.76. The highest BCUT2D eigenvalue weighted by Crippen LogP contribution is 2.33. The van der Waals surface area contributed by atoms with Crippen molar-refractivity contribution in [2.24, 2.45) is 0 Å². The van der Waals surface area contributed by atoms with Crippen LogP contribution in [0.3, 0.4) is 0 Å². The molecule has 2 atom stereocenters. The van der Waals surface area contributed by atoms with Gasteiger partial charge in [0.2, 0.25) is 5.91 Å². The lowest BCUT2D eigenvalue weighted by Gasteiger charge is -2.42. The lowest BCUT2D eigenvalue weighted by molar-refractivity contribution is -0.134. The van der Waals surface area contributed by atoms with E-state index in [-0.39, 0.29) is 23.4 Å². The molecule has 1 N–H and O–H groups in total. The number of carbonyl (C=O) groups excluding carboxylic acids is 1. The molecule has 5 rings (SSSR count). The van der Waals surface area contributed by atoms with Crippen molar-refractivity contribution < 1.29 is 9.18 Å². The number of anilines is 1. The number of rotatable bonds is 4. The Hall–Kier alpha value is -2.86. The average molecular weight is 454 g/mol. The maximum absolute atomic E-state index is 14.1. The number of piperazine rings is 1. The number of carbonyl (C=O) groups is 1. The Kier molecular flexibility index (Phi) is 5.41. The van der Waals surface area contributed by atoms with Crippen molar-refractivity contribution in [1.82, 2.24) is 9.88 Å². The molecule has 2 aliphatic heterocycles. The first-order chi connectivity index (χ1) is 15.4. The minimum Gasteiger partial charge on any atom is -0.367 e. The highest BCUT2D eigenvalue weighted by molar-refractivity contribution is 6.30. The molecule has 3 heterocycles. The second kappa shape index (κ2) is 8.24. The molecule has 3 aromatic rings. The van der Waals surface area contributed by atoms with Crippen LogP contribution in [-0.4, -0.2) is 41.0 Å². The van der Waals surface area contributed by atoms with Gasteiger partial charge in [0.15, 0.2) is 0 Å². The van der Waals surface area contributed by atoms with E-state index in [1.54, 1.807) is 12.1 Å². The van der Waals surface area contributed by atoms with E-state index in [1.807, 2.05) is 31.2 Å². The fraction of sp³-hybridized carbons (Fsp3) is 0.360. The standard InChI is InChI=1S/C25H25ClFN3O2/c1-15-2-10-22(27)24-21(15)12-17(28-25(24)32)5-11-23(31)30-19-8-9-20(30)14-29(13-19)18-6-3-16(26)4-7-18/h2-4,6-7,10,12,19-20H,5,8-9,11,13-14H2,1H3,(H,28,32). The second-order valence-electron chi connectivity index (χ2n) is 8.84. The summed E-state index contributed by atoms with van der Waals surface area (Å²) in [5, 5.41) is 1.40. The number of aryl methyl sites for hydroxylation is 2. The molecule has 0 aliphatic carbocycles. The number of aromatic nitrogens is 1. The van der Waals surface area contributed by atoms with E-state index in [0.29, 0.717) is 23.9 Å². The Labute approximate surface area is 190 Å². The van der Waals surface area contributed by atoms with Crippen LogP contribution in [0.25, 0.3) is 10.8 Å². The third-order valence-corrected chi connectivity index (χ3v) is 7.05. The zero-order valence-corrected chi connectivity index (χ0v) is 18.7. The van der Waals surface area contributed by atoms with Crippen molar-refractivity contribution in [2.75, 3.05) is 18.0 Å². The second-order valence-corrected chi connectivity index (χ2v) is 9.28. The number of halogens is 2. The van der Waals surface area contributed by atoms with Crippen molar-refractivity contribution in [3.63, 3.8) is 0 Å². The molecule has 2 bridgehead atoms. The summed E-state index contributed by atoms with van der Waals surface area (Å²) in [5.41, 5.74) is 2.20.